The molecular weight excluding hydrogens is 237 g/mol. The maximum Gasteiger partial charge on any atom is 0.416 e. The first-order chi connectivity index (χ1) is 7.93. The molecule has 0 radical (unpaired) electrons. The third-order valence-corrected chi connectivity index (χ3v) is 1.83. The van der Waals surface area contributed by atoms with Crippen LogP contribution in [0.25, 0.3) is 0 Å². The number of aromatic nitrogens is 1. The third-order valence-electron chi connectivity index (χ3n) is 1.83. The second kappa shape index (κ2) is 5.72. The minimum Gasteiger partial charge on any atom is -0.475 e. The first-order valence-electron chi connectivity index (χ1n) is 4.98. The van der Waals surface area contributed by atoms with Crippen molar-refractivity contribution in [3.05, 3.63) is 17.7 Å². The van der Waals surface area contributed by atoms with Crippen molar-refractivity contribution in [1.82, 2.24) is 4.98 Å². The van der Waals surface area contributed by atoms with Crippen molar-refractivity contribution in [3.8, 4) is 5.88 Å². The van der Waals surface area contributed by atoms with E-state index in [1.165, 1.54) is 0 Å². The summed E-state index contributed by atoms with van der Waals surface area (Å²) in [7, 11) is 0. The third kappa shape index (κ3) is 4.48. The highest BCUT2D eigenvalue weighted by atomic mass is 19.4. The van der Waals surface area contributed by atoms with Crippen molar-refractivity contribution in [2.24, 2.45) is 0 Å². The predicted molar refractivity (Wildman–Crippen MR) is 55.6 cm³/mol. The average molecular weight is 250 g/mol. The van der Waals surface area contributed by atoms with Gasteiger partial charge in [0.05, 0.1) is 12.2 Å². The Hall–Kier alpha value is -1.50. The van der Waals surface area contributed by atoms with Gasteiger partial charge in [0.1, 0.15) is 12.4 Å². The summed E-state index contributed by atoms with van der Waals surface area (Å²) in [6.45, 7) is 2.73. The van der Waals surface area contributed by atoms with Gasteiger partial charge in [-0.2, -0.15) is 18.2 Å². The standard InChI is InChI=1S/C10H13F3N2O2/c1-2-16-3-4-17-9-6-7(10(11,12)13)5-8(14)15-9/h5-6H,2-4H2,1H3,(H2,14,15). The molecule has 4 nitrogen and oxygen atoms in total. The van der Waals surface area contributed by atoms with Crippen LogP contribution < -0.4 is 10.5 Å². The van der Waals surface area contributed by atoms with Crippen molar-refractivity contribution in [2.75, 3.05) is 25.6 Å². The number of alkyl halides is 3. The van der Waals surface area contributed by atoms with Crippen LogP contribution in [0, 0.1) is 0 Å². The van der Waals surface area contributed by atoms with E-state index in [1.54, 1.807) is 6.92 Å². The zero-order valence-corrected chi connectivity index (χ0v) is 9.25. The van der Waals surface area contributed by atoms with E-state index in [9.17, 15) is 13.2 Å². The summed E-state index contributed by atoms with van der Waals surface area (Å²) in [4.78, 5) is 3.64. The lowest BCUT2D eigenvalue weighted by molar-refractivity contribution is -0.137. The Morgan fingerprint density at radius 3 is 2.59 bits per heavy atom. The lowest BCUT2D eigenvalue weighted by atomic mass is 10.2. The second-order valence-electron chi connectivity index (χ2n) is 3.16. The Bertz CT molecular complexity index is 369. The molecule has 0 aliphatic rings. The summed E-state index contributed by atoms with van der Waals surface area (Å²) in [5.74, 6) is -0.386. The second-order valence-corrected chi connectivity index (χ2v) is 3.16. The van der Waals surface area contributed by atoms with Crippen LogP contribution in [0.15, 0.2) is 12.1 Å². The first kappa shape index (κ1) is 13.6. The predicted octanol–water partition coefficient (Wildman–Crippen LogP) is 2.10. The number of rotatable bonds is 5. The molecule has 0 aromatic carbocycles. The van der Waals surface area contributed by atoms with Crippen molar-refractivity contribution < 1.29 is 22.6 Å². The number of nitrogens with two attached hydrogens (primary N) is 1. The Morgan fingerprint density at radius 2 is 2.00 bits per heavy atom. The Kier molecular flexibility index (Phi) is 4.56. The van der Waals surface area contributed by atoms with Crippen LogP contribution in [0.2, 0.25) is 0 Å². The largest absolute Gasteiger partial charge is 0.475 e. The fraction of sp³-hybridized carbons (Fsp3) is 0.500. The van der Waals surface area contributed by atoms with Gasteiger partial charge < -0.3 is 15.2 Å². The molecule has 0 aliphatic carbocycles. The molecule has 0 aliphatic heterocycles. The van der Waals surface area contributed by atoms with Crippen LogP contribution in [0.3, 0.4) is 0 Å². The summed E-state index contributed by atoms with van der Waals surface area (Å²) in [6, 6.07) is 1.57. The number of nitrogen functional groups attached to an aromatic ring is 1. The monoisotopic (exact) mass is 250 g/mol. The van der Waals surface area contributed by atoms with E-state index >= 15 is 0 Å². The first-order valence-corrected chi connectivity index (χ1v) is 4.98. The molecule has 0 saturated heterocycles. The van der Waals surface area contributed by atoms with E-state index in [4.69, 9.17) is 15.2 Å². The molecule has 1 aromatic heterocycles. The van der Waals surface area contributed by atoms with Gasteiger partial charge in [-0.15, -0.1) is 0 Å². The summed E-state index contributed by atoms with van der Waals surface area (Å²) < 4.78 is 47.3. The van der Waals surface area contributed by atoms with Crippen LogP contribution >= 0.6 is 0 Å². The number of hydrogen-bond acceptors (Lipinski definition) is 4. The van der Waals surface area contributed by atoms with Gasteiger partial charge in [0.25, 0.3) is 0 Å². The van der Waals surface area contributed by atoms with Gasteiger partial charge in [0, 0.05) is 12.7 Å². The van der Waals surface area contributed by atoms with E-state index in [-0.39, 0.29) is 24.9 Å². The molecule has 17 heavy (non-hydrogen) atoms. The molecule has 1 rings (SSSR count). The number of ether oxygens (including phenoxy) is 2. The van der Waals surface area contributed by atoms with Gasteiger partial charge in [-0.3, -0.25) is 0 Å². The Morgan fingerprint density at radius 1 is 1.29 bits per heavy atom. The zero-order chi connectivity index (χ0) is 12.9. The van der Waals surface area contributed by atoms with Crippen molar-refractivity contribution in [2.45, 2.75) is 13.1 Å². The molecule has 0 bridgehead atoms. The highest BCUT2D eigenvalue weighted by Crippen LogP contribution is 2.31. The fourth-order valence-corrected chi connectivity index (χ4v) is 1.11. The van der Waals surface area contributed by atoms with Gasteiger partial charge in [-0.25, -0.2) is 0 Å². The van der Waals surface area contributed by atoms with Crippen LogP contribution in [-0.4, -0.2) is 24.8 Å². The van der Waals surface area contributed by atoms with E-state index in [0.717, 1.165) is 12.1 Å². The molecule has 0 unspecified atom stereocenters. The maximum absolute atomic E-state index is 12.4. The highest BCUT2D eigenvalue weighted by molar-refractivity contribution is 5.38. The molecule has 96 valence electrons. The number of pyridine rings is 1. The average Bonchev–Trinajstić information content (AvgIpc) is 2.22. The fourth-order valence-electron chi connectivity index (χ4n) is 1.11. The number of halogens is 3. The van der Waals surface area contributed by atoms with Crippen LogP contribution in [0.4, 0.5) is 19.0 Å². The van der Waals surface area contributed by atoms with Crippen molar-refractivity contribution in [1.29, 1.82) is 0 Å². The molecule has 0 amide bonds. The summed E-state index contributed by atoms with van der Waals surface area (Å²) in [6.07, 6.45) is -4.46. The Balaban J connectivity index is 2.69. The zero-order valence-electron chi connectivity index (χ0n) is 9.25. The molecule has 0 atom stereocenters. The van der Waals surface area contributed by atoms with Crippen LogP contribution in [0.1, 0.15) is 12.5 Å². The normalized spacial score (nSPS) is 11.5. The molecule has 1 aromatic rings. The van der Waals surface area contributed by atoms with Crippen molar-refractivity contribution >= 4 is 5.82 Å². The van der Waals surface area contributed by atoms with Gasteiger partial charge in [0.15, 0.2) is 0 Å². The van der Waals surface area contributed by atoms with E-state index < -0.39 is 11.7 Å². The molecule has 0 fully saturated rings. The van der Waals surface area contributed by atoms with Crippen LogP contribution in [-0.2, 0) is 10.9 Å². The number of hydrogen-bond donors (Lipinski definition) is 1. The quantitative estimate of drug-likeness (QED) is 0.813. The van der Waals surface area contributed by atoms with E-state index in [1.807, 2.05) is 0 Å². The Labute approximate surface area is 96.5 Å². The van der Waals surface area contributed by atoms with Gasteiger partial charge in [0.2, 0.25) is 5.88 Å². The minimum absolute atomic E-state index is 0.127. The summed E-state index contributed by atoms with van der Waals surface area (Å²) in [5.41, 5.74) is 4.39. The highest BCUT2D eigenvalue weighted by Gasteiger charge is 2.31. The topological polar surface area (TPSA) is 57.4 Å². The molecule has 7 heteroatoms. The van der Waals surface area contributed by atoms with Crippen molar-refractivity contribution in [3.63, 3.8) is 0 Å². The van der Waals surface area contributed by atoms with E-state index in [0.29, 0.717) is 6.61 Å². The van der Waals surface area contributed by atoms with Gasteiger partial charge in [-0.05, 0) is 13.0 Å². The lowest BCUT2D eigenvalue weighted by Crippen LogP contribution is -2.11. The molecule has 0 spiro atoms. The van der Waals surface area contributed by atoms with E-state index in [2.05, 4.69) is 4.98 Å². The number of nitrogens with zero attached hydrogens (tertiary/aromatic N) is 1. The minimum atomic E-state index is -4.46. The van der Waals surface area contributed by atoms with Crippen LogP contribution in [0.5, 0.6) is 5.88 Å². The van der Waals surface area contributed by atoms with Gasteiger partial charge in [-0.1, -0.05) is 0 Å². The molecule has 2 N–H and O–H groups in total. The summed E-state index contributed by atoms with van der Waals surface area (Å²) in [5, 5.41) is 0. The molecule has 0 saturated carbocycles. The summed E-state index contributed by atoms with van der Waals surface area (Å²) >= 11 is 0. The maximum atomic E-state index is 12.4. The lowest BCUT2D eigenvalue weighted by Gasteiger charge is -2.10. The smallest absolute Gasteiger partial charge is 0.416 e. The molecular formula is C10H13F3N2O2. The number of anilines is 1. The van der Waals surface area contributed by atoms with Gasteiger partial charge >= 0.3 is 6.18 Å². The molecule has 1 heterocycles. The SMILES string of the molecule is CCOCCOc1cc(C(F)(F)F)cc(N)n1.